The van der Waals surface area contributed by atoms with E-state index in [-0.39, 0.29) is 5.54 Å². The van der Waals surface area contributed by atoms with E-state index in [9.17, 15) is 8.42 Å². The zero-order valence-corrected chi connectivity index (χ0v) is 12.8. The third-order valence-corrected chi connectivity index (χ3v) is 5.53. The molecule has 0 aliphatic heterocycles. The molecule has 1 saturated carbocycles. The van der Waals surface area contributed by atoms with E-state index in [1.54, 1.807) is 12.1 Å². The van der Waals surface area contributed by atoms with Crippen LogP contribution in [0.4, 0.5) is 5.69 Å². The minimum Gasteiger partial charge on any atom is -0.380 e. The Morgan fingerprint density at radius 2 is 1.68 bits per heavy atom. The summed E-state index contributed by atoms with van der Waals surface area (Å²) in [5.41, 5.74) is 1.04. The van der Waals surface area contributed by atoms with E-state index in [0.29, 0.717) is 4.90 Å². The van der Waals surface area contributed by atoms with Crippen LogP contribution in [0.15, 0.2) is 29.2 Å². The van der Waals surface area contributed by atoms with E-state index < -0.39 is 10.0 Å². The van der Waals surface area contributed by atoms with Gasteiger partial charge in [0.1, 0.15) is 0 Å². The molecule has 1 N–H and O–H groups in total. The maximum absolute atomic E-state index is 12.0. The van der Waals surface area contributed by atoms with Crippen molar-refractivity contribution in [3.8, 4) is 0 Å². The predicted octanol–water partition coefficient (Wildman–Crippen LogP) is 2.54. The smallest absolute Gasteiger partial charge is 0.242 e. The Balaban J connectivity index is 2.15. The maximum Gasteiger partial charge on any atom is 0.242 e. The number of nitrogens with one attached hydrogen (secondary N) is 1. The largest absolute Gasteiger partial charge is 0.380 e. The van der Waals surface area contributed by atoms with E-state index in [4.69, 9.17) is 0 Å². The van der Waals surface area contributed by atoms with E-state index in [1.807, 2.05) is 12.1 Å². The van der Waals surface area contributed by atoms with Gasteiger partial charge in [-0.25, -0.2) is 12.7 Å². The van der Waals surface area contributed by atoms with Gasteiger partial charge in [0.05, 0.1) is 4.90 Å². The van der Waals surface area contributed by atoms with Gasteiger partial charge in [0.2, 0.25) is 10.0 Å². The average molecular weight is 282 g/mol. The summed E-state index contributed by atoms with van der Waals surface area (Å²) in [6.07, 6.45) is 2.54. The number of hydrogen-bond donors (Lipinski definition) is 1. The van der Waals surface area contributed by atoms with Crippen LogP contribution in [0.2, 0.25) is 0 Å². The molecule has 0 spiro atoms. The molecule has 1 aromatic rings. The van der Waals surface area contributed by atoms with Gasteiger partial charge < -0.3 is 5.32 Å². The molecule has 0 radical (unpaired) electrons. The van der Waals surface area contributed by atoms with Crippen LogP contribution in [0.25, 0.3) is 0 Å². The molecule has 5 heteroatoms. The van der Waals surface area contributed by atoms with Gasteiger partial charge in [-0.05, 0) is 56.9 Å². The summed E-state index contributed by atoms with van der Waals surface area (Å²) >= 11 is 0. The van der Waals surface area contributed by atoms with Crippen LogP contribution in [0.1, 0.15) is 26.7 Å². The molecule has 2 rings (SSSR count). The molecule has 106 valence electrons. The molecule has 1 fully saturated rings. The zero-order chi connectivity index (χ0) is 14.3. The van der Waals surface area contributed by atoms with Gasteiger partial charge in [0.15, 0.2) is 0 Å². The summed E-state index contributed by atoms with van der Waals surface area (Å²) < 4.78 is 25.1. The molecule has 1 aromatic carbocycles. The second kappa shape index (κ2) is 4.80. The second-order valence-electron chi connectivity index (χ2n) is 5.93. The summed E-state index contributed by atoms with van der Waals surface area (Å²) in [7, 11) is -0.257. The highest BCUT2D eigenvalue weighted by atomic mass is 32.2. The van der Waals surface area contributed by atoms with Crippen molar-refractivity contribution in [2.75, 3.05) is 19.4 Å². The monoisotopic (exact) mass is 282 g/mol. The van der Waals surface area contributed by atoms with Gasteiger partial charge in [0, 0.05) is 25.3 Å². The predicted molar refractivity (Wildman–Crippen MR) is 77.7 cm³/mol. The molecular formula is C14H22N2O2S. The first kappa shape index (κ1) is 14.3. The van der Waals surface area contributed by atoms with Gasteiger partial charge >= 0.3 is 0 Å². The lowest BCUT2D eigenvalue weighted by molar-refractivity contribution is 0.494. The third kappa shape index (κ3) is 3.09. The molecule has 0 saturated heterocycles. The molecule has 0 heterocycles. The van der Waals surface area contributed by atoms with Crippen molar-refractivity contribution in [1.82, 2.24) is 4.31 Å². The Morgan fingerprint density at radius 3 is 2.11 bits per heavy atom. The van der Waals surface area contributed by atoms with Crippen LogP contribution in [-0.2, 0) is 10.0 Å². The normalized spacial score (nSPS) is 16.7. The average Bonchev–Trinajstić information content (AvgIpc) is 3.13. The van der Waals surface area contributed by atoms with Gasteiger partial charge in [-0.1, -0.05) is 0 Å². The van der Waals surface area contributed by atoms with Crippen molar-refractivity contribution >= 4 is 15.7 Å². The standard InChI is InChI=1S/C14H22N2O2S/c1-14(2,11-5-6-11)15-12-7-9-13(10-8-12)19(17,18)16(3)4/h7-11,15H,5-6H2,1-4H3. The lowest BCUT2D eigenvalue weighted by Crippen LogP contribution is -2.33. The Hall–Kier alpha value is -1.07. The number of sulfonamides is 1. The van der Waals surface area contributed by atoms with Gasteiger partial charge in [-0.3, -0.25) is 0 Å². The first-order chi connectivity index (χ1) is 8.73. The molecule has 0 amide bonds. The Bertz CT molecular complexity index is 543. The Kier molecular flexibility index (Phi) is 3.62. The zero-order valence-electron chi connectivity index (χ0n) is 12.0. The van der Waals surface area contributed by atoms with Crippen molar-refractivity contribution in [2.45, 2.75) is 37.1 Å². The molecule has 19 heavy (non-hydrogen) atoms. The fourth-order valence-corrected chi connectivity index (χ4v) is 3.10. The van der Waals surface area contributed by atoms with Crippen LogP contribution in [0.5, 0.6) is 0 Å². The second-order valence-corrected chi connectivity index (χ2v) is 8.08. The Morgan fingerprint density at radius 1 is 1.16 bits per heavy atom. The minimum absolute atomic E-state index is 0.0714. The quantitative estimate of drug-likeness (QED) is 0.903. The first-order valence-corrected chi connectivity index (χ1v) is 7.98. The first-order valence-electron chi connectivity index (χ1n) is 6.54. The molecule has 1 aliphatic rings. The molecule has 0 atom stereocenters. The lowest BCUT2D eigenvalue weighted by atomic mass is 9.98. The van der Waals surface area contributed by atoms with Crippen molar-refractivity contribution in [3.05, 3.63) is 24.3 Å². The number of rotatable bonds is 5. The molecule has 1 aliphatic carbocycles. The van der Waals surface area contributed by atoms with E-state index in [0.717, 1.165) is 11.6 Å². The minimum atomic E-state index is -3.34. The molecule has 0 aromatic heterocycles. The van der Waals surface area contributed by atoms with Gasteiger partial charge in [-0.2, -0.15) is 0 Å². The number of nitrogens with zero attached hydrogens (tertiary/aromatic N) is 1. The van der Waals surface area contributed by atoms with Gasteiger partial charge in [0.25, 0.3) is 0 Å². The summed E-state index contributed by atoms with van der Waals surface area (Å²) in [5.74, 6) is 0.720. The third-order valence-electron chi connectivity index (χ3n) is 3.70. The van der Waals surface area contributed by atoms with Crippen LogP contribution < -0.4 is 5.32 Å². The molecule has 0 unspecified atom stereocenters. The highest BCUT2D eigenvalue weighted by Gasteiger charge is 2.37. The van der Waals surface area contributed by atoms with Crippen LogP contribution in [0, 0.1) is 5.92 Å². The number of hydrogen-bond acceptors (Lipinski definition) is 3. The summed E-state index contributed by atoms with van der Waals surface area (Å²) in [6, 6.07) is 6.97. The van der Waals surface area contributed by atoms with Crippen molar-refractivity contribution in [2.24, 2.45) is 5.92 Å². The summed E-state index contributed by atoms with van der Waals surface area (Å²) in [4.78, 5) is 0.326. The van der Waals surface area contributed by atoms with Crippen LogP contribution in [-0.4, -0.2) is 32.4 Å². The summed E-state index contributed by atoms with van der Waals surface area (Å²) in [5, 5.41) is 3.48. The van der Waals surface area contributed by atoms with Gasteiger partial charge in [-0.15, -0.1) is 0 Å². The topological polar surface area (TPSA) is 49.4 Å². The lowest BCUT2D eigenvalue weighted by Gasteiger charge is -2.27. The molecule has 4 nitrogen and oxygen atoms in total. The Labute approximate surface area is 115 Å². The van der Waals surface area contributed by atoms with Crippen molar-refractivity contribution in [1.29, 1.82) is 0 Å². The number of anilines is 1. The summed E-state index contributed by atoms with van der Waals surface area (Å²) in [6.45, 7) is 4.38. The van der Waals surface area contributed by atoms with E-state index >= 15 is 0 Å². The van der Waals surface area contributed by atoms with E-state index in [1.165, 1.54) is 31.2 Å². The SMILES string of the molecule is CN(C)S(=O)(=O)c1ccc(NC(C)(C)C2CC2)cc1. The molecule has 0 bridgehead atoms. The van der Waals surface area contributed by atoms with Crippen LogP contribution >= 0.6 is 0 Å². The fourth-order valence-electron chi connectivity index (χ4n) is 2.20. The highest BCUT2D eigenvalue weighted by molar-refractivity contribution is 7.89. The van der Waals surface area contributed by atoms with E-state index in [2.05, 4.69) is 19.2 Å². The molecular weight excluding hydrogens is 260 g/mol. The highest BCUT2D eigenvalue weighted by Crippen LogP contribution is 2.41. The number of benzene rings is 1. The van der Waals surface area contributed by atoms with Crippen molar-refractivity contribution < 1.29 is 8.42 Å². The van der Waals surface area contributed by atoms with Crippen molar-refractivity contribution in [3.63, 3.8) is 0 Å². The van der Waals surface area contributed by atoms with Crippen LogP contribution in [0.3, 0.4) is 0 Å². The fraction of sp³-hybridized carbons (Fsp3) is 0.571. The maximum atomic E-state index is 12.0.